The molecule has 5 heteroatoms. The van der Waals surface area contributed by atoms with Crippen LogP contribution in [0.15, 0.2) is 12.5 Å². The maximum absolute atomic E-state index is 5.34. The van der Waals surface area contributed by atoms with Gasteiger partial charge in [-0.1, -0.05) is 0 Å². The minimum atomic E-state index is 0.481. The van der Waals surface area contributed by atoms with Gasteiger partial charge in [0.2, 0.25) is 5.88 Å². The number of rotatable bonds is 3. The molecule has 1 rings (SSSR count). The van der Waals surface area contributed by atoms with E-state index >= 15 is 0 Å². The van der Waals surface area contributed by atoms with Crippen molar-refractivity contribution in [1.82, 2.24) is 14.9 Å². The molecule has 0 unspecified atom stereocenters. The SMILES string of the molecule is CCN(CC)C(=S)Oc1cnc[nH]1. The number of aromatic nitrogens is 2. The quantitative estimate of drug-likeness (QED) is 0.747. The first-order valence-electron chi connectivity index (χ1n) is 4.23. The summed E-state index contributed by atoms with van der Waals surface area (Å²) < 4.78 is 5.34. The van der Waals surface area contributed by atoms with Crippen LogP contribution in [0, 0.1) is 0 Å². The first kappa shape index (κ1) is 9.98. The number of nitrogens with zero attached hydrogens (tertiary/aromatic N) is 2. The lowest BCUT2D eigenvalue weighted by molar-refractivity contribution is 0.373. The summed E-state index contributed by atoms with van der Waals surface area (Å²) in [6.07, 6.45) is 3.15. The van der Waals surface area contributed by atoms with E-state index in [4.69, 9.17) is 17.0 Å². The molecule has 1 heterocycles. The van der Waals surface area contributed by atoms with Gasteiger partial charge < -0.3 is 14.6 Å². The van der Waals surface area contributed by atoms with Crippen molar-refractivity contribution in [2.75, 3.05) is 13.1 Å². The van der Waals surface area contributed by atoms with E-state index in [-0.39, 0.29) is 0 Å². The van der Waals surface area contributed by atoms with Crippen molar-refractivity contribution in [2.24, 2.45) is 0 Å². The summed E-state index contributed by atoms with van der Waals surface area (Å²) in [6, 6.07) is 0. The third-order valence-electron chi connectivity index (χ3n) is 1.69. The van der Waals surface area contributed by atoms with Gasteiger partial charge in [-0.25, -0.2) is 4.98 Å². The lowest BCUT2D eigenvalue weighted by Crippen LogP contribution is -2.32. The van der Waals surface area contributed by atoms with Crippen LogP contribution in [0.5, 0.6) is 5.88 Å². The fraction of sp³-hybridized carbons (Fsp3) is 0.500. The first-order valence-corrected chi connectivity index (χ1v) is 4.63. The number of aromatic amines is 1. The highest BCUT2D eigenvalue weighted by Gasteiger charge is 2.07. The number of nitrogens with one attached hydrogen (secondary N) is 1. The molecule has 0 radical (unpaired) electrons. The Bertz CT molecular complexity index is 256. The van der Waals surface area contributed by atoms with Crippen LogP contribution in [0.1, 0.15) is 13.8 Å². The molecule has 0 aliphatic heterocycles. The van der Waals surface area contributed by atoms with E-state index in [0.717, 1.165) is 13.1 Å². The average molecular weight is 199 g/mol. The van der Waals surface area contributed by atoms with Crippen molar-refractivity contribution in [3.05, 3.63) is 12.5 Å². The first-order chi connectivity index (χ1) is 6.27. The Morgan fingerprint density at radius 3 is 2.77 bits per heavy atom. The molecular weight excluding hydrogens is 186 g/mol. The van der Waals surface area contributed by atoms with Gasteiger partial charge >= 0.3 is 0 Å². The monoisotopic (exact) mass is 199 g/mol. The van der Waals surface area contributed by atoms with Crippen LogP contribution in [0.25, 0.3) is 0 Å². The van der Waals surface area contributed by atoms with Crippen LogP contribution in [0.3, 0.4) is 0 Å². The zero-order valence-electron chi connectivity index (χ0n) is 7.78. The molecule has 0 bridgehead atoms. The van der Waals surface area contributed by atoms with Crippen molar-refractivity contribution < 1.29 is 4.74 Å². The van der Waals surface area contributed by atoms with Gasteiger partial charge in [-0.15, -0.1) is 0 Å². The van der Waals surface area contributed by atoms with Crippen molar-refractivity contribution in [2.45, 2.75) is 13.8 Å². The summed E-state index contributed by atoms with van der Waals surface area (Å²) in [5.41, 5.74) is 0. The molecule has 0 amide bonds. The lowest BCUT2D eigenvalue weighted by Gasteiger charge is -2.19. The van der Waals surface area contributed by atoms with Crippen LogP contribution in [-0.4, -0.2) is 33.1 Å². The third-order valence-corrected chi connectivity index (χ3v) is 2.03. The number of hydrogen-bond donors (Lipinski definition) is 1. The van der Waals surface area contributed by atoms with Crippen LogP contribution >= 0.6 is 12.2 Å². The minimum absolute atomic E-state index is 0.481. The molecule has 72 valence electrons. The molecule has 0 aliphatic rings. The number of thiocarbonyl (C=S) groups is 1. The van der Waals surface area contributed by atoms with Gasteiger partial charge in [0.15, 0.2) is 0 Å². The highest BCUT2D eigenvalue weighted by Crippen LogP contribution is 2.04. The van der Waals surface area contributed by atoms with Gasteiger partial charge in [-0.2, -0.15) is 0 Å². The zero-order chi connectivity index (χ0) is 9.68. The zero-order valence-corrected chi connectivity index (χ0v) is 8.60. The number of hydrogen-bond acceptors (Lipinski definition) is 3. The highest BCUT2D eigenvalue weighted by molar-refractivity contribution is 7.80. The topological polar surface area (TPSA) is 41.1 Å². The Kier molecular flexibility index (Phi) is 3.70. The van der Waals surface area contributed by atoms with Crippen molar-refractivity contribution in [3.63, 3.8) is 0 Å². The molecule has 0 aliphatic carbocycles. The number of H-pyrrole nitrogens is 1. The predicted octanol–water partition coefficient (Wildman–Crippen LogP) is 1.42. The fourth-order valence-electron chi connectivity index (χ4n) is 0.939. The molecule has 0 atom stereocenters. The van der Waals surface area contributed by atoms with E-state index in [2.05, 4.69) is 9.97 Å². The molecule has 0 fully saturated rings. The molecule has 1 N–H and O–H groups in total. The van der Waals surface area contributed by atoms with Crippen LogP contribution in [0.2, 0.25) is 0 Å². The van der Waals surface area contributed by atoms with Crippen LogP contribution < -0.4 is 4.74 Å². The minimum Gasteiger partial charge on any atom is -0.413 e. The van der Waals surface area contributed by atoms with Gasteiger partial charge in [0, 0.05) is 13.1 Å². The van der Waals surface area contributed by atoms with E-state index in [0.29, 0.717) is 11.1 Å². The maximum Gasteiger partial charge on any atom is 0.266 e. The Balaban J connectivity index is 2.49. The number of ether oxygens (including phenoxy) is 1. The van der Waals surface area contributed by atoms with Gasteiger partial charge in [-0.05, 0) is 26.1 Å². The fourth-order valence-corrected chi connectivity index (χ4v) is 1.29. The molecule has 0 saturated heterocycles. The second kappa shape index (κ2) is 4.81. The maximum atomic E-state index is 5.34. The molecule has 0 spiro atoms. The van der Waals surface area contributed by atoms with E-state index in [1.807, 2.05) is 18.7 Å². The smallest absolute Gasteiger partial charge is 0.266 e. The third kappa shape index (κ3) is 2.69. The second-order valence-corrected chi connectivity index (χ2v) is 2.81. The summed E-state index contributed by atoms with van der Waals surface area (Å²) in [4.78, 5) is 8.61. The average Bonchev–Trinajstić information content (AvgIpc) is 2.59. The second-order valence-electron chi connectivity index (χ2n) is 2.46. The molecule has 13 heavy (non-hydrogen) atoms. The molecule has 0 saturated carbocycles. The summed E-state index contributed by atoms with van der Waals surface area (Å²) in [5, 5.41) is 0.481. The molecule has 0 aromatic carbocycles. The number of imidazole rings is 1. The van der Waals surface area contributed by atoms with Crippen molar-refractivity contribution in [3.8, 4) is 5.88 Å². The Hall–Kier alpha value is -1.10. The lowest BCUT2D eigenvalue weighted by atomic mass is 10.6. The summed E-state index contributed by atoms with van der Waals surface area (Å²) in [7, 11) is 0. The standard InChI is InChI=1S/C8H13N3OS/c1-3-11(4-2)8(13)12-7-5-9-6-10-7/h5-6H,3-4H2,1-2H3,(H,9,10). The Labute approximate surface area is 82.9 Å². The Morgan fingerprint density at radius 2 is 2.31 bits per heavy atom. The molecular formula is C8H13N3OS. The van der Waals surface area contributed by atoms with E-state index in [9.17, 15) is 0 Å². The van der Waals surface area contributed by atoms with Gasteiger partial charge in [0.1, 0.15) is 0 Å². The molecule has 1 aromatic rings. The normalized spacial score (nSPS) is 9.69. The van der Waals surface area contributed by atoms with Crippen LogP contribution in [-0.2, 0) is 0 Å². The highest BCUT2D eigenvalue weighted by atomic mass is 32.1. The predicted molar refractivity (Wildman–Crippen MR) is 54.7 cm³/mol. The van der Waals surface area contributed by atoms with Gasteiger partial charge in [0.05, 0.1) is 12.5 Å². The summed E-state index contributed by atoms with van der Waals surface area (Å²) >= 11 is 5.08. The van der Waals surface area contributed by atoms with Crippen molar-refractivity contribution in [1.29, 1.82) is 0 Å². The van der Waals surface area contributed by atoms with Crippen LogP contribution in [0.4, 0.5) is 0 Å². The molecule has 4 nitrogen and oxygen atoms in total. The summed E-state index contributed by atoms with van der Waals surface area (Å²) in [5.74, 6) is 0.580. The van der Waals surface area contributed by atoms with Crippen molar-refractivity contribution >= 4 is 17.4 Å². The van der Waals surface area contributed by atoms with E-state index in [1.54, 1.807) is 12.5 Å². The Morgan fingerprint density at radius 1 is 1.62 bits per heavy atom. The molecule has 1 aromatic heterocycles. The summed E-state index contributed by atoms with van der Waals surface area (Å²) in [6.45, 7) is 5.77. The van der Waals surface area contributed by atoms with Gasteiger partial charge in [0.25, 0.3) is 5.17 Å². The largest absolute Gasteiger partial charge is 0.413 e. The van der Waals surface area contributed by atoms with Gasteiger partial charge in [-0.3, -0.25) is 0 Å². The van der Waals surface area contributed by atoms with E-state index in [1.165, 1.54) is 0 Å². The van der Waals surface area contributed by atoms with E-state index < -0.39 is 0 Å².